The van der Waals surface area contributed by atoms with Crippen molar-refractivity contribution >= 4 is 23.6 Å². The second kappa shape index (κ2) is 9.95. The van der Waals surface area contributed by atoms with E-state index in [0.717, 1.165) is 45.7 Å². The fourth-order valence-electron chi connectivity index (χ4n) is 3.42. The van der Waals surface area contributed by atoms with Crippen LogP contribution in [0.15, 0.2) is 0 Å². The average molecular weight is 385 g/mol. The highest BCUT2D eigenvalue weighted by molar-refractivity contribution is 7.99. The smallest absolute Gasteiger partial charge is 0.243 e. The minimum absolute atomic E-state index is 0.00746. The predicted octanol–water partition coefficient (Wildman–Crippen LogP) is 1.47. The summed E-state index contributed by atoms with van der Waals surface area (Å²) in [5.74, 6) is 1.44. The van der Waals surface area contributed by atoms with Crippen LogP contribution in [0.1, 0.15) is 40.5 Å². The molecule has 0 aromatic carbocycles. The van der Waals surface area contributed by atoms with Crippen LogP contribution in [0.4, 0.5) is 0 Å². The number of carbonyl (C=O) groups excluding carboxylic acids is 2. The maximum Gasteiger partial charge on any atom is 0.243 e. The van der Waals surface area contributed by atoms with Gasteiger partial charge in [0.05, 0.1) is 5.88 Å². The van der Waals surface area contributed by atoms with Gasteiger partial charge in [0.1, 0.15) is 6.04 Å². The van der Waals surface area contributed by atoms with Crippen LogP contribution < -0.4 is 5.32 Å². The first-order chi connectivity index (χ1) is 12.3. The Hall–Kier alpha value is -0.790. The molecule has 7 heteroatoms. The monoisotopic (exact) mass is 384 g/mol. The summed E-state index contributed by atoms with van der Waals surface area (Å²) in [4.78, 5) is 31.7. The van der Waals surface area contributed by atoms with Crippen LogP contribution in [0.2, 0.25) is 0 Å². The van der Waals surface area contributed by atoms with Crippen LogP contribution in [0.25, 0.3) is 0 Å². The van der Waals surface area contributed by atoms with Crippen LogP contribution >= 0.6 is 11.8 Å². The zero-order chi connectivity index (χ0) is 19.2. The second-order valence-corrected chi connectivity index (χ2v) is 9.54. The molecular formula is C19H36N4O2S. The number of carbonyl (C=O) groups is 2. The third-order valence-electron chi connectivity index (χ3n) is 5.05. The van der Waals surface area contributed by atoms with E-state index in [1.54, 1.807) is 16.7 Å². The molecule has 0 aromatic rings. The lowest BCUT2D eigenvalue weighted by atomic mass is 9.91. The lowest BCUT2D eigenvalue weighted by Crippen LogP contribution is -2.49. The molecule has 6 nitrogen and oxygen atoms in total. The van der Waals surface area contributed by atoms with Crippen LogP contribution in [-0.2, 0) is 9.59 Å². The van der Waals surface area contributed by atoms with Crippen molar-refractivity contribution in [1.82, 2.24) is 20.0 Å². The summed E-state index contributed by atoms with van der Waals surface area (Å²) in [6, 6.07) is -0.303. The Morgan fingerprint density at radius 3 is 2.38 bits per heavy atom. The summed E-state index contributed by atoms with van der Waals surface area (Å²) in [5, 5.41) is 3.05. The van der Waals surface area contributed by atoms with E-state index in [1.807, 2.05) is 0 Å². The zero-order valence-corrected chi connectivity index (χ0v) is 17.7. The van der Waals surface area contributed by atoms with Gasteiger partial charge < -0.3 is 20.0 Å². The Kier molecular flexibility index (Phi) is 8.23. The molecule has 0 radical (unpaired) electrons. The van der Waals surface area contributed by atoms with Gasteiger partial charge in [-0.3, -0.25) is 9.59 Å². The van der Waals surface area contributed by atoms with Crippen molar-refractivity contribution in [2.45, 2.75) is 46.6 Å². The Morgan fingerprint density at radius 2 is 1.77 bits per heavy atom. The zero-order valence-electron chi connectivity index (χ0n) is 16.9. The maximum atomic E-state index is 12.5. The third kappa shape index (κ3) is 6.74. The Labute approximate surface area is 163 Å². The van der Waals surface area contributed by atoms with Crippen molar-refractivity contribution in [2.24, 2.45) is 5.41 Å². The van der Waals surface area contributed by atoms with E-state index in [4.69, 9.17) is 0 Å². The number of amides is 2. The molecular weight excluding hydrogens is 348 g/mol. The molecule has 2 aliphatic heterocycles. The number of likely N-dealkylation sites (N-methyl/N-ethyl adjacent to an activating group) is 1. The van der Waals surface area contributed by atoms with Gasteiger partial charge in [-0.1, -0.05) is 27.7 Å². The molecule has 0 saturated carbocycles. The highest BCUT2D eigenvalue weighted by atomic mass is 32.2. The molecule has 0 spiro atoms. The minimum Gasteiger partial charge on any atom is -0.354 e. The van der Waals surface area contributed by atoms with Crippen LogP contribution in [0, 0.1) is 5.41 Å². The lowest BCUT2D eigenvalue weighted by molar-refractivity contribution is -0.139. The summed E-state index contributed by atoms with van der Waals surface area (Å²) in [6.07, 6.45) is 1.45. The van der Waals surface area contributed by atoms with E-state index in [0.29, 0.717) is 24.6 Å². The summed E-state index contributed by atoms with van der Waals surface area (Å²) < 4.78 is 0. The number of hydrogen-bond acceptors (Lipinski definition) is 5. The number of thioether (sulfide) groups is 1. The minimum atomic E-state index is -0.303. The molecule has 2 aliphatic rings. The van der Waals surface area contributed by atoms with Crippen LogP contribution in [0.3, 0.4) is 0 Å². The molecule has 0 aromatic heterocycles. The first-order valence-corrected chi connectivity index (χ1v) is 11.1. The molecule has 150 valence electrons. The second-order valence-electron chi connectivity index (χ2n) is 8.54. The molecule has 2 saturated heterocycles. The van der Waals surface area contributed by atoms with Gasteiger partial charge >= 0.3 is 0 Å². The van der Waals surface area contributed by atoms with Crippen molar-refractivity contribution < 1.29 is 9.59 Å². The normalized spacial score (nSPS) is 22.6. The molecule has 2 rings (SSSR count). The molecule has 26 heavy (non-hydrogen) atoms. The molecule has 1 N–H and O–H groups in total. The van der Waals surface area contributed by atoms with Gasteiger partial charge in [0, 0.05) is 44.9 Å². The van der Waals surface area contributed by atoms with Crippen molar-refractivity contribution in [3.8, 4) is 0 Å². The largest absolute Gasteiger partial charge is 0.354 e. The molecule has 2 fully saturated rings. The molecule has 0 aliphatic carbocycles. The topological polar surface area (TPSA) is 55.9 Å². The number of nitrogens with one attached hydrogen (secondary N) is 1. The highest BCUT2D eigenvalue weighted by Gasteiger charge is 2.35. The Morgan fingerprint density at radius 1 is 1.12 bits per heavy atom. The summed E-state index contributed by atoms with van der Waals surface area (Å²) >= 11 is 1.67. The van der Waals surface area contributed by atoms with E-state index in [2.05, 4.69) is 42.8 Å². The van der Waals surface area contributed by atoms with E-state index in [9.17, 15) is 9.59 Å². The quantitative estimate of drug-likeness (QED) is 0.674. The fourth-order valence-corrected chi connectivity index (χ4v) is 4.60. The van der Waals surface area contributed by atoms with Gasteiger partial charge in [0.25, 0.3) is 0 Å². The third-order valence-corrected chi connectivity index (χ3v) is 6.06. The van der Waals surface area contributed by atoms with Crippen molar-refractivity contribution in [3.05, 3.63) is 0 Å². The predicted molar refractivity (Wildman–Crippen MR) is 108 cm³/mol. The number of rotatable bonds is 7. The summed E-state index contributed by atoms with van der Waals surface area (Å²) in [6.45, 7) is 15.8. The molecule has 2 heterocycles. The van der Waals surface area contributed by atoms with Gasteiger partial charge in [-0.05, 0) is 24.9 Å². The van der Waals surface area contributed by atoms with E-state index in [-0.39, 0.29) is 23.3 Å². The van der Waals surface area contributed by atoms with Gasteiger partial charge in [0.2, 0.25) is 11.8 Å². The Bertz CT molecular complexity index is 473. The van der Waals surface area contributed by atoms with E-state index >= 15 is 0 Å². The van der Waals surface area contributed by atoms with Crippen molar-refractivity contribution in [1.29, 1.82) is 0 Å². The van der Waals surface area contributed by atoms with E-state index < -0.39 is 0 Å². The highest BCUT2D eigenvalue weighted by Crippen LogP contribution is 2.26. The number of hydrogen-bond donors (Lipinski definition) is 1. The fraction of sp³-hybridized carbons (Fsp3) is 0.895. The summed E-state index contributed by atoms with van der Waals surface area (Å²) in [5.41, 5.74) is -0.0484. The Balaban J connectivity index is 1.68. The van der Waals surface area contributed by atoms with Gasteiger partial charge in [-0.15, -0.1) is 11.8 Å². The summed E-state index contributed by atoms with van der Waals surface area (Å²) in [7, 11) is 0. The molecule has 1 unspecified atom stereocenters. The average Bonchev–Trinajstić information content (AvgIpc) is 3.07. The van der Waals surface area contributed by atoms with Crippen LogP contribution in [0.5, 0.6) is 0 Å². The number of piperazine rings is 1. The molecule has 0 bridgehead atoms. The van der Waals surface area contributed by atoms with E-state index in [1.165, 1.54) is 0 Å². The molecule has 2 amide bonds. The van der Waals surface area contributed by atoms with Crippen molar-refractivity contribution in [2.75, 3.05) is 57.4 Å². The maximum absolute atomic E-state index is 12.5. The molecule has 1 atom stereocenters. The lowest BCUT2D eigenvalue weighted by Gasteiger charge is -2.34. The van der Waals surface area contributed by atoms with Crippen LogP contribution in [-0.4, -0.2) is 90.0 Å². The van der Waals surface area contributed by atoms with Gasteiger partial charge in [0.15, 0.2) is 0 Å². The SMILES string of the molecule is CCN1CCN(CCCNC(=O)C2CSCN2C(=O)CC(C)(C)C)CC1. The van der Waals surface area contributed by atoms with Gasteiger partial charge in [-0.25, -0.2) is 0 Å². The standard InChI is InChI=1S/C19H36N4O2S/c1-5-21-9-11-22(12-10-21)8-6-7-20-18(25)16-14-26-15-23(16)17(24)13-19(2,3)4/h16H,5-15H2,1-4H3,(H,20,25). The first kappa shape index (κ1) is 21.5. The van der Waals surface area contributed by atoms with Crippen molar-refractivity contribution in [3.63, 3.8) is 0 Å². The number of nitrogens with zero attached hydrogens (tertiary/aromatic N) is 3. The first-order valence-electron chi connectivity index (χ1n) is 9.90. The van der Waals surface area contributed by atoms with Gasteiger partial charge in [-0.2, -0.15) is 0 Å².